The molecule has 4 aromatic rings. The van der Waals surface area contributed by atoms with Crippen LogP contribution in [0, 0.1) is 13.8 Å². The molecular formula is C27H30N4O3. The van der Waals surface area contributed by atoms with E-state index in [0.717, 1.165) is 16.6 Å². The minimum Gasteiger partial charge on any atom is -0.461 e. The molecule has 0 unspecified atom stereocenters. The number of rotatable bonds is 9. The van der Waals surface area contributed by atoms with Gasteiger partial charge in [0.2, 0.25) is 0 Å². The number of carbonyl (C=O) groups excluding carboxylic acids is 2. The quantitative estimate of drug-likeness (QED) is 0.388. The van der Waals surface area contributed by atoms with Crippen molar-refractivity contribution in [3.05, 3.63) is 88.9 Å². The number of aryl methyl sites for hydroxylation is 3. The Morgan fingerprint density at radius 3 is 2.53 bits per heavy atom. The van der Waals surface area contributed by atoms with E-state index in [1.165, 1.54) is 0 Å². The molecule has 2 heterocycles. The second-order valence-electron chi connectivity index (χ2n) is 8.42. The number of carbonyl (C=O) groups is 2. The number of fused-ring (bicyclic) bond motifs is 1. The topological polar surface area (TPSA) is 89.2 Å². The third kappa shape index (κ3) is 5.20. The predicted molar refractivity (Wildman–Crippen MR) is 132 cm³/mol. The van der Waals surface area contributed by atoms with Crippen LogP contribution in [-0.4, -0.2) is 34.2 Å². The number of hydrogen-bond acceptors (Lipinski definition) is 4. The SMILES string of the molecule is CCn1nc(C)cc1C(=O)NCC[C@H](Cc1ccccc1)NC(=O)c1c(C)oc2ccccc12. The van der Waals surface area contributed by atoms with E-state index in [1.54, 1.807) is 17.7 Å². The monoisotopic (exact) mass is 458 g/mol. The number of aromatic nitrogens is 2. The second-order valence-corrected chi connectivity index (χ2v) is 8.42. The highest BCUT2D eigenvalue weighted by Gasteiger charge is 2.21. The Morgan fingerprint density at radius 1 is 1.03 bits per heavy atom. The molecule has 0 aliphatic rings. The number of benzene rings is 2. The van der Waals surface area contributed by atoms with Crippen LogP contribution in [0.2, 0.25) is 0 Å². The van der Waals surface area contributed by atoms with Crippen LogP contribution in [0.4, 0.5) is 0 Å². The van der Waals surface area contributed by atoms with Gasteiger partial charge in [-0.1, -0.05) is 48.5 Å². The summed E-state index contributed by atoms with van der Waals surface area (Å²) in [6, 6.07) is 19.2. The minimum atomic E-state index is -0.172. The van der Waals surface area contributed by atoms with Crippen molar-refractivity contribution in [3.8, 4) is 0 Å². The summed E-state index contributed by atoms with van der Waals surface area (Å²) >= 11 is 0. The maximum atomic E-state index is 13.3. The van der Waals surface area contributed by atoms with Crippen LogP contribution >= 0.6 is 0 Å². The normalized spacial score (nSPS) is 12.0. The second kappa shape index (κ2) is 10.4. The smallest absolute Gasteiger partial charge is 0.269 e. The summed E-state index contributed by atoms with van der Waals surface area (Å²) in [4.78, 5) is 26.0. The highest BCUT2D eigenvalue weighted by atomic mass is 16.3. The van der Waals surface area contributed by atoms with Crippen LogP contribution < -0.4 is 10.6 Å². The summed E-state index contributed by atoms with van der Waals surface area (Å²) in [6.07, 6.45) is 1.24. The molecule has 0 saturated carbocycles. The number of furan rings is 1. The largest absolute Gasteiger partial charge is 0.461 e. The van der Waals surface area contributed by atoms with Gasteiger partial charge in [0.05, 0.1) is 11.3 Å². The van der Waals surface area contributed by atoms with Crippen LogP contribution in [0.15, 0.2) is 65.1 Å². The Hall–Kier alpha value is -3.87. The molecule has 0 fully saturated rings. The van der Waals surface area contributed by atoms with Gasteiger partial charge < -0.3 is 15.1 Å². The molecule has 2 aromatic carbocycles. The van der Waals surface area contributed by atoms with E-state index in [0.29, 0.717) is 48.5 Å². The van der Waals surface area contributed by atoms with Crippen molar-refractivity contribution in [1.29, 1.82) is 0 Å². The predicted octanol–water partition coefficient (Wildman–Crippen LogP) is 4.43. The van der Waals surface area contributed by atoms with Crippen LogP contribution in [0.3, 0.4) is 0 Å². The van der Waals surface area contributed by atoms with Crippen molar-refractivity contribution >= 4 is 22.8 Å². The van der Waals surface area contributed by atoms with Gasteiger partial charge in [-0.25, -0.2) is 0 Å². The van der Waals surface area contributed by atoms with Crippen molar-refractivity contribution < 1.29 is 14.0 Å². The molecule has 0 saturated heterocycles. The minimum absolute atomic E-state index is 0.163. The average molecular weight is 459 g/mol. The first kappa shape index (κ1) is 23.3. The standard InChI is InChI=1S/C27H30N4O3/c1-4-31-23(16-18(2)30-31)26(32)28-15-14-21(17-20-10-6-5-7-11-20)29-27(33)25-19(3)34-24-13-9-8-12-22(24)25/h5-13,16,21H,4,14-15,17H2,1-3H3,(H,28,32)(H,29,33)/t21-/m1/s1. The molecule has 7 heteroatoms. The maximum absolute atomic E-state index is 13.3. The summed E-state index contributed by atoms with van der Waals surface area (Å²) < 4.78 is 7.47. The molecule has 0 radical (unpaired) electrons. The van der Waals surface area contributed by atoms with E-state index in [-0.39, 0.29) is 17.9 Å². The zero-order valence-corrected chi connectivity index (χ0v) is 19.8. The summed E-state index contributed by atoms with van der Waals surface area (Å²) in [5.41, 5.74) is 3.72. The molecule has 0 bridgehead atoms. The number of hydrogen-bond donors (Lipinski definition) is 2. The molecule has 4 rings (SSSR count). The van der Waals surface area contributed by atoms with Crippen LogP contribution in [0.25, 0.3) is 11.0 Å². The molecule has 7 nitrogen and oxygen atoms in total. The summed E-state index contributed by atoms with van der Waals surface area (Å²) in [7, 11) is 0. The van der Waals surface area contributed by atoms with Gasteiger partial charge in [-0.05, 0) is 51.3 Å². The molecule has 0 spiro atoms. The lowest BCUT2D eigenvalue weighted by Gasteiger charge is -2.19. The number of nitrogens with one attached hydrogen (secondary N) is 2. The van der Waals surface area contributed by atoms with E-state index in [4.69, 9.17) is 4.42 Å². The lowest BCUT2D eigenvalue weighted by atomic mass is 10.0. The van der Waals surface area contributed by atoms with E-state index < -0.39 is 0 Å². The van der Waals surface area contributed by atoms with Crippen molar-refractivity contribution in [2.24, 2.45) is 0 Å². The first-order valence-electron chi connectivity index (χ1n) is 11.6. The molecule has 2 amide bonds. The summed E-state index contributed by atoms with van der Waals surface area (Å²) in [5.74, 6) is 0.256. The van der Waals surface area contributed by atoms with Gasteiger partial charge in [0.15, 0.2) is 0 Å². The lowest BCUT2D eigenvalue weighted by molar-refractivity contribution is 0.0932. The van der Waals surface area contributed by atoms with Gasteiger partial charge in [0.25, 0.3) is 11.8 Å². The third-order valence-electron chi connectivity index (χ3n) is 5.87. The zero-order chi connectivity index (χ0) is 24.1. The van der Waals surface area contributed by atoms with E-state index in [1.807, 2.05) is 68.4 Å². The van der Waals surface area contributed by atoms with E-state index >= 15 is 0 Å². The Kier molecular flexibility index (Phi) is 7.11. The molecular weight excluding hydrogens is 428 g/mol. The average Bonchev–Trinajstić information content (AvgIpc) is 3.38. The fourth-order valence-electron chi connectivity index (χ4n) is 4.25. The van der Waals surface area contributed by atoms with Crippen LogP contribution in [0.5, 0.6) is 0 Å². The molecule has 2 aromatic heterocycles. The van der Waals surface area contributed by atoms with Crippen molar-refractivity contribution in [2.45, 2.75) is 46.2 Å². The number of amides is 2. The fourth-order valence-corrected chi connectivity index (χ4v) is 4.25. The van der Waals surface area contributed by atoms with E-state index in [9.17, 15) is 9.59 Å². The zero-order valence-electron chi connectivity index (χ0n) is 19.8. The molecule has 176 valence electrons. The van der Waals surface area contributed by atoms with Gasteiger partial charge >= 0.3 is 0 Å². The van der Waals surface area contributed by atoms with E-state index in [2.05, 4.69) is 15.7 Å². The summed E-state index contributed by atoms with van der Waals surface area (Å²) in [5, 5.41) is 11.3. The number of para-hydroxylation sites is 1. The van der Waals surface area contributed by atoms with Gasteiger partial charge in [0, 0.05) is 24.5 Å². The molecule has 0 aliphatic heterocycles. The maximum Gasteiger partial charge on any atom is 0.269 e. The lowest BCUT2D eigenvalue weighted by Crippen LogP contribution is -2.39. The Balaban J connectivity index is 1.47. The Morgan fingerprint density at radius 2 is 1.76 bits per heavy atom. The van der Waals surface area contributed by atoms with Crippen molar-refractivity contribution in [3.63, 3.8) is 0 Å². The molecule has 1 atom stereocenters. The molecule has 2 N–H and O–H groups in total. The number of nitrogens with zero attached hydrogens (tertiary/aromatic N) is 2. The van der Waals surface area contributed by atoms with Gasteiger partial charge in [-0.2, -0.15) is 5.10 Å². The highest BCUT2D eigenvalue weighted by molar-refractivity contribution is 6.07. The Labute approximate surface area is 199 Å². The third-order valence-corrected chi connectivity index (χ3v) is 5.87. The summed E-state index contributed by atoms with van der Waals surface area (Å²) in [6.45, 7) is 6.68. The van der Waals surface area contributed by atoms with Crippen molar-refractivity contribution in [1.82, 2.24) is 20.4 Å². The van der Waals surface area contributed by atoms with Crippen LogP contribution in [0.1, 0.15) is 51.2 Å². The van der Waals surface area contributed by atoms with Gasteiger partial charge in [-0.3, -0.25) is 14.3 Å². The Bertz CT molecular complexity index is 1290. The first-order chi connectivity index (χ1) is 16.5. The highest BCUT2D eigenvalue weighted by Crippen LogP contribution is 2.25. The van der Waals surface area contributed by atoms with Crippen LogP contribution in [-0.2, 0) is 13.0 Å². The molecule has 34 heavy (non-hydrogen) atoms. The first-order valence-corrected chi connectivity index (χ1v) is 11.6. The molecule has 0 aliphatic carbocycles. The van der Waals surface area contributed by atoms with Crippen molar-refractivity contribution in [2.75, 3.05) is 6.54 Å². The fraction of sp³-hybridized carbons (Fsp3) is 0.296. The van der Waals surface area contributed by atoms with Gasteiger partial charge in [-0.15, -0.1) is 0 Å². The van der Waals surface area contributed by atoms with Gasteiger partial charge in [0.1, 0.15) is 17.0 Å².